The third-order valence-corrected chi connectivity index (χ3v) is 3.45. The van der Waals surface area contributed by atoms with Crippen molar-refractivity contribution in [2.24, 2.45) is 5.92 Å². The lowest BCUT2D eigenvalue weighted by Crippen LogP contribution is -2.17. The van der Waals surface area contributed by atoms with Crippen LogP contribution in [0.1, 0.15) is 26.2 Å². The molecule has 1 aromatic carbocycles. The molecule has 0 aliphatic rings. The minimum Gasteiger partial charge on any atom is -0.397 e. The maximum Gasteiger partial charge on any atom is 0.169 e. The van der Waals surface area contributed by atoms with Crippen LogP contribution in [-0.4, -0.2) is 18.3 Å². The second-order valence-electron chi connectivity index (χ2n) is 4.61. The zero-order valence-electron chi connectivity index (χ0n) is 11.0. The molecule has 1 aromatic rings. The van der Waals surface area contributed by atoms with Gasteiger partial charge in [-0.05, 0) is 24.8 Å². The van der Waals surface area contributed by atoms with Crippen molar-refractivity contribution in [2.45, 2.75) is 26.2 Å². The Morgan fingerprint density at radius 1 is 1.37 bits per heavy atom. The van der Waals surface area contributed by atoms with Gasteiger partial charge in [-0.1, -0.05) is 24.9 Å². The fourth-order valence-corrected chi connectivity index (χ4v) is 2.18. The van der Waals surface area contributed by atoms with Crippen LogP contribution in [0.25, 0.3) is 0 Å². The first-order valence-corrected chi connectivity index (χ1v) is 6.76. The molecule has 0 radical (unpaired) electrons. The van der Waals surface area contributed by atoms with Crippen LogP contribution in [0, 0.1) is 11.7 Å². The number of nitrogens with two attached hydrogens (primary N) is 2. The van der Waals surface area contributed by atoms with Crippen LogP contribution in [0.15, 0.2) is 6.07 Å². The molecule has 1 unspecified atom stereocenters. The predicted molar refractivity (Wildman–Crippen MR) is 78.8 cm³/mol. The molecular formula is C13H21ClFN3O. The normalized spacial score (nSPS) is 12.4. The Balaban J connectivity index is 2.79. The molecule has 1 atom stereocenters. The van der Waals surface area contributed by atoms with E-state index >= 15 is 0 Å². The number of halogens is 2. The summed E-state index contributed by atoms with van der Waals surface area (Å²) in [4.78, 5) is 0. The number of anilines is 3. The first kappa shape index (κ1) is 15.9. The van der Waals surface area contributed by atoms with Crippen LogP contribution in [-0.2, 0) is 0 Å². The fourth-order valence-electron chi connectivity index (χ4n) is 2.03. The number of nitrogens with one attached hydrogen (secondary N) is 1. The Bertz CT molecular complexity index is 423. The highest BCUT2D eigenvalue weighted by molar-refractivity contribution is 6.33. The average molecular weight is 290 g/mol. The molecule has 6 N–H and O–H groups in total. The zero-order valence-corrected chi connectivity index (χ0v) is 11.8. The lowest BCUT2D eigenvalue weighted by atomic mass is 10.00. The summed E-state index contributed by atoms with van der Waals surface area (Å²) in [6.07, 6.45) is 2.63. The Labute approximate surface area is 117 Å². The van der Waals surface area contributed by atoms with Crippen molar-refractivity contribution < 1.29 is 9.50 Å². The van der Waals surface area contributed by atoms with Gasteiger partial charge in [-0.2, -0.15) is 0 Å². The van der Waals surface area contributed by atoms with Gasteiger partial charge >= 0.3 is 0 Å². The summed E-state index contributed by atoms with van der Waals surface area (Å²) in [5.74, 6) is -0.358. The van der Waals surface area contributed by atoms with Gasteiger partial charge in [0, 0.05) is 13.2 Å². The number of rotatable bonds is 7. The number of nitrogen functional groups attached to an aromatic ring is 2. The summed E-state index contributed by atoms with van der Waals surface area (Å²) in [7, 11) is 0. The third kappa shape index (κ3) is 4.14. The van der Waals surface area contributed by atoms with Gasteiger partial charge in [0.15, 0.2) is 5.82 Å². The number of aliphatic hydroxyl groups is 1. The Hall–Kier alpha value is -1.20. The number of benzene rings is 1. The second-order valence-corrected chi connectivity index (χ2v) is 4.98. The van der Waals surface area contributed by atoms with Gasteiger partial charge in [-0.25, -0.2) is 4.39 Å². The minimum absolute atomic E-state index is 0.118. The van der Waals surface area contributed by atoms with E-state index in [2.05, 4.69) is 12.2 Å². The van der Waals surface area contributed by atoms with Gasteiger partial charge in [0.25, 0.3) is 0 Å². The van der Waals surface area contributed by atoms with E-state index in [9.17, 15) is 4.39 Å². The standard InChI is InChI=1S/C13H21ClFN3O/c1-2-3-8(4-5-19)7-18-13-10(17)6-9(16)11(14)12(13)15/h6,8,18-19H,2-5,7,16-17H2,1H3. The topological polar surface area (TPSA) is 84.3 Å². The van der Waals surface area contributed by atoms with Crippen molar-refractivity contribution in [3.05, 3.63) is 16.9 Å². The van der Waals surface area contributed by atoms with Crippen LogP contribution >= 0.6 is 11.6 Å². The molecule has 1 rings (SSSR count). The molecule has 0 bridgehead atoms. The van der Waals surface area contributed by atoms with Crippen LogP contribution in [0.4, 0.5) is 21.5 Å². The van der Waals surface area contributed by atoms with E-state index in [1.165, 1.54) is 6.07 Å². The molecule has 0 saturated heterocycles. The first-order valence-electron chi connectivity index (χ1n) is 6.38. The van der Waals surface area contributed by atoms with Gasteiger partial charge in [0.1, 0.15) is 5.02 Å². The van der Waals surface area contributed by atoms with Crippen LogP contribution < -0.4 is 16.8 Å². The Morgan fingerprint density at radius 3 is 2.63 bits per heavy atom. The fraction of sp³-hybridized carbons (Fsp3) is 0.538. The van der Waals surface area contributed by atoms with Crippen molar-refractivity contribution in [1.29, 1.82) is 0 Å². The van der Waals surface area contributed by atoms with Crippen molar-refractivity contribution >= 4 is 28.7 Å². The van der Waals surface area contributed by atoms with Crippen molar-refractivity contribution in [1.82, 2.24) is 0 Å². The molecule has 0 saturated carbocycles. The van der Waals surface area contributed by atoms with E-state index in [1.807, 2.05) is 0 Å². The highest BCUT2D eigenvalue weighted by Gasteiger charge is 2.15. The van der Waals surface area contributed by atoms with Crippen molar-refractivity contribution in [3.8, 4) is 0 Å². The smallest absolute Gasteiger partial charge is 0.169 e. The first-order chi connectivity index (χ1) is 9.01. The number of hydrogen-bond acceptors (Lipinski definition) is 4. The molecule has 0 aliphatic heterocycles. The highest BCUT2D eigenvalue weighted by Crippen LogP contribution is 2.33. The number of hydrogen-bond donors (Lipinski definition) is 4. The molecule has 0 fully saturated rings. The maximum absolute atomic E-state index is 13.9. The second kappa shape index (κ2) is 7.40. The minimum atomic E-state index is -0.626. The highest BCUT2D eigenvalue weighted by atomic mass is 35.5. The van der Waals surface area contributed by atoms with Crippen LogP contribution in [0.2, 0.25) is 5.02 Å². The summed E-state index contributed by atoms with van der Waals surface area (Å²) < 4.78 is 13.9. The number of aliphatic hydroxyl groups excluding tert-OH is 1. The van der Waals surface area contributed by atoms with Gasteiger partial charge in [-0.3, -0.25) is 0 Å². The largest absolute Gasteiger partial charge is 0.397 e. The molecule has 108 valence electrons. The quantitative estimate of drug-likeness (QED) is 0.582. The van der Waals surface area contributed by atoms with Crippen LogP contribution in [0.5, 0.6) is 0 Å². The van der Waals surface area contributed by atoms with Gasteiger partial charge < -0.3 is 21.9 Å². The zero-order chi connectivity index (χ0) is 14.4. The lowest BCUT2D eigenvalue weighted by molar-refractivity contribution is 0.255. The molecule has 0 spiro atoms. The van der Waals surface area contributed by atoms with E-state index in [0.29, 0.717) is 13.0 Å². The van der Waals surface area contributed by atoms with Gasteiger partial charge in [0.2, 0.25) is 0 Å². The SMILES string of the molecule is CCCC(CCO)CNc1c(N)cc(N)c(Cl)c1F. The van der Waals surface area contributed by atoms with E-state index in [0.717, 1.165) is 12.8 Å². The summed E-state index contributed by atoms with van der Waals surface area (Å²) in [5, 5.41) is 11.8. The molecule has 6 heteroatoms. The molecule has 0 amide bonds. The van der Waals surface area contributed by atoms with Crippen molar-refractivity contribution in [2.75, 3.05) is 29.9 Å². The average Bonchev–Trinajstić information content (AvgIpc) is 2.36. The molecule has 19 heavy (non-hydrogen) atoms. The summed E-state index contributed by atoms with van der Waals surface area (Å²) >= 11 is 5.76. The Kier molecular flexibility index (Phi) is 6.18. The van der Waals surface area contributed by atoms with E-state index < -0.39 is 5.82 Å². The molecule has 0 heterocycles. The summed E-state index contributed by atoms with van der Waals surface area (Å²) in [5.41, 5.74) is 11.8. The maximum atomic E-state index is 13.9. The summed E-state index contributed by atoms with van der Waals surface area (Å²) in [6, 6.07) is 1.44. The molecule has 0 aromatic heterocycles. The third-order valence-electron chi connectivity index (χ3n) is 3.07. The predicted octanol–water partition coefficient (Wildman–Crippen LogP) is 2.85. The monoisotopic (exact) mass is 289 g/mol. The molecule has 0 aliphatic carbocycles. The van der Waals surface area contributed by atoms with E-state index in [-0.39, 0.29) is 34.6 Å². The summed E-state index contributed by atoms with van der Waals surface area (Å²) in [6.45, 7) is 2.72. The van der Waals surface area contributed by atoms with Crippen molar-refractivity contribution in [3.63, 3.8) is 0 Å². The Morgan fingerprint density at radius 2 is 2.05 bits per heavy atom. The molecular weight excluding hydrogens is 269 g/mol. The van der Waals surface area contributed by atoms with Gasteiger partial charge in [-0.15, -0.1) is 0 Å². The van der Waals surface area contributed by atoms with Gasteiger partial charge in [0.05, 0.1) is 17.1 Å². The lowest BCUT2D eigenvalue weighted by Gasteiger charge is -2.18. The molecule has 4 nitrogen and oxygen atoms in total. The van der Waals surface area contributed by atoms with E-state index in [4.69, 9.17) is 28.2 Å². The van der Waals surface area contributed by atoms with Crippen LogP contribution in [0.3, 0.4) is 0 Å². The van der Waals surface area contributed by atoms with E-state index in [1.54, 1.807) is 0 Å².